The van der Waals surface area contributed by atoms with Crippen molar-refractivity contribution in [2.75, 3.05) is 0 Å². The number of aromatic carboxylic acids is 1. The highest BCUT2D eigenvalue weighted by atomic mass is 35.5. The number of fused-ring (bicyclic) bond motifs is 2. The summed E-state index contributed by atoms with van der Waals surface area (Å²) in [5.41, 5.74) is 2.82. The van der Waals surface area contributed by atoms with E-state index in [1.807, 2.05) is 12.1 Å². The largest absolute Gasteiger partial charge is 0.478 e. The topological polar surface area (TPSA) is 50.2 Å². The van der Waals surface area contributed by atoms with Crippen LogP contribution in [-0.4, -0.2) is 16.1 Å². The van der Waals surface area contributed by atoms with Crippen LogP contribution in [0, 0.1) is 0 Å². The standard InChI is InChI=1S/C15H14ClNO2/c1-8-4-2-5-9-12(15(18)19)13-10(16)6-3-7-11(13)17-14(8)9/h3,6-8H,2,4-5H2,1H3,(H,18,19). The molecule has 3 rings (SSSR count). The van der Waals surface area contributed by atoms with Crippen molar-refractivity contribution in [1.29, 1.82) is 0 Å². The summed E-state index contributed by atoms with van der Waals surface area (Å²) >= 11 is 6.18. The fraction of sp³-hybridized carbons (Fsp3) is 0.333. The molecular formula is C15H14ClNO2. The molecule has 0 fully saturated rings. The fourth-order valence-electron chi connectivity index (χ4n) is 2.95. The molecule has 3 nitrogen and oxygen atoms in total. The smallest absolute Gasteiger partial charge is 0.336 e. The van der Waals surface area contributed by atoms with Crippen molar-refractivity contribution in [3.8, 4) is 0 Å². The Morgan fingerprint density at radius 3 is 3.00 bits per heavy atom. The van der Waals surface area contributed by atoms with Crippen LogP contribution in [0.4, 0.5) is 0 Å². The number of halogens is 1. The number of nitrogens with zero attached hydrogens (tertiary/aromatic N) is 1. The molecule has 1 aromatic carbocycles. The molecule has 1 aliphatic rings. The summed E-state index contributed by atoms with van der Waals surface area (Å²) in [6, 6.07) is 5.36. The Morgan fingerprint density at radius 2 is 2.26 bits per heavy atom. The number of carboxylic acid groups (broad SMARTS) is 1. The van der Waals surface area contributed by atoms with E-state index in [-0.39, 0.29) is 0 Å². The third-order valence-electron chi connectivity index (χ3n) is 3.84. The van der Waals surface area contributed by atoms with Gasteiger partial charge in [0.15, 0.2) is 0 Å². The summed E-state index contributed by atoms with van der Waals surface area (Å²) < 4.78 is 0. The second kappa shape index (κ2) is 4.49. The second-order valence-corrected chi connectivity index (χ2v) is 5.49. The number of aromatic nitrogens is 1. The van der Waals surface area contributed by atoms with Gasteiger partial charge in [0.05, 0.1) is 16.1 Å². The SMILES string of the molecule is CC1CCCc2c1nc1cccc(Cl)c1c2C(=O)O. The van der Waals surface area contributed by atoms with Crippen molar-refractivity contribution in [3.63, 3.8) is 0 Å². The molecule has 0 saturated carbocycles. The molecule has 0 aliphatic heterocycles. The summed E-state index contributed by atoms with van der Waals surface area (Å²) in [6.07, 6.45) is 2.84. The molecule has 1 N–H and O–H groups in total. The predicted molar refractivity (Wildman–Crippen MR) is 75.1 cm³/mol. The second-order valence-electron chi connectivity index (χ2n) is 5.08. The first kappa shape index (κ1) is 12.4. The highest BCUT2D eigenvalue weighted by Crippen LogP contribution is 2.37. The van der Waals surface area contributed by atoms with Crippen molar-refractivity contribution in [2.45, 2.75) is 32.1 Å². The van der Waals surface area contributed by atoms with E-state index in [0.29, 0.717) is 27.4 Å². The monoisotopic (exact) mass is 275 g/mol. The molecule has 0 radical (unpaired) electrons. The van der Waals surface area contributed by atoms with Crippen LogP contribution in [0.2, 0.25) is 5.02 Å². The Labute approximate surface area is 116 Å². The number of rotatable bonds is 1. The minimum Gasteiger partial charge on any atom is -0.478 e. The third-order valence-corrected chi connectivity index (χ3v) is 4.15. The first-order chi connectivity index (χ1) is 9.09. The highest BCUT2D eigenvalue weighted by molar-refractivity contribution is 6.36. The number of benzene rings is 1. The van der Waals surface area contributed by atoms with Crippen LogP contribution in [0.5, 0.6) is 0 Å². The van der Waals surface area contributed by atoms with Crippen molar-refractivity contribution in [3.05, 3.63) is 40.0 Å². The maximum Gasteiger partial charge on any atom is 0.336 e. The molecule has 0 bridgehead atoms. The van der Waals surface area contributed by atoms with Crippen molar-refractivity contribution >= 4 is 28.5 Å². The third kappa shape index (κ3) is 1.89. The van der Waals surface area contributed by atoms with Crippen LogP contribution in [-0.2, 0) is 6.42 Å². The average Bonchev–Trinajstić information content (AvgIpc) is 2.37. The van der Waals surface area contributed by atoms with Gasteiger partial charge < -0.3 is 5.11 Å². The number of hydrogen-bond donors (Lipinski definition) is 1. The van der Waals surface area contributed by atoms with Gasteiger partial charge in [0.25, 0.3) is 0 Å². The van der Waals surface area contributed by atoms with Gasteiger partial charge in [-0.2, -0.15) is 0 Å². The van der Waals surface area contributed by atoms with E-state index >= 15 is 0 Å². The Hall–Kier alpha value is -1.61. The summed E-state index contributed by atoms with van der Waals surface area (Å²) in [4.78, 5) is 16.3. The summed E-state index contributed by atoms with van der Waals surface area (Å²) in [6.45, 7) is 2.10. The van der Waals surface area contributed by atoms with Crippen LogP contribution < -0.4 is 0 Å². The zero-order valence-electron chi connectivity index (χ0n) is 10.6. The lowest BCUT2D eigenvalue weighted by atomic mass is 9.84. The molecule has 0 amide bonds. The van der Waals surface area contributed by atoms with Gasteiger partial charge in [-0.15, -0.1) is 0 Å². The predicted octanol–water partition coefficient (Wildman–Crippen LogP) is 4.03. The van der Waals surface area contributed by atoms with Gasteiger partial charge in [-0.1, -0.05) is 24.6 Å². The average molecular weight is 276 g/mol. The van der Waals surface area contributed by atoms with E-state index in [1.54, 1.807) is 6.07 Å². The molecule has 2 aromatic rings. The van der Waals surface area contributed by atoms with Crippen molar-refractivity contribution in [2.24, 2.45) is 0 Å². The maximum atomic E-state index is 11.7. The minimum atomic E-state index is -0.911. The molecule has 1 heterocycles. The number of hydrogen-bond acceptors (Lipinski definition) is 2. The Balaban J connectivity index is 2.46. The van der Waals surface area contributed by atoms with Crippen molar-refractivity contribution < 1.29 is 9.90 Å². The molecule has 0 spiro atoms. The lowest BCUT2D eigenvalue weighted by Crippen LogP contribution is -2.15. The quantitative estimate of drug-likeness (QED) is 0.855. The first-order valence-corrected chi connectivity index (χ1v) is 6.81. The molecule has 1 aliphatic carbocycles. The number of pyridine rings is 1. The zero-order chi connectivity index (χ0) is 13.6. The summed E-state index contributed by atoms with van der Waals surface area (Å²) in [5, 5.41) is 10.6. The highest BCUT2D eigenvalue weighted by Gasteiger charge is 2.26. The van der Waals surface area contributed by atoms with Crippen LogP contribution in [0.1, 0.15) is 47.3 Å². The molecule has 4 heteroatoms. The lowest BCUT2D eigenvalue weighted by molar-refractivity contribution is 0.0697. The Bertz CT molecular complexity index is 681. The van der Waals surface area contributed by atoms with E-state index in [4.69, 9.17) is 11.6 Å². The van der Waals surface area contributed by atoms with Gasteiger partial charge in [0.1, 0.15) is 0 Å². The van der Waals surface area contributed by atoms with Gasteiger partial charge in [0, 0.05) is 11.1 Å². The van der Waals surface area contributed by atoms with Gasteiger partial charge in [0.2, 0.25) is 0 Å². The van der Waals surface area contributed by atoms with Crippen LogP contribution in [0.3, 0.4) is 0 Å². The molecule has 1 atom stereocenters. The fourth-order valence-corrected chi connectivity index (χ4v) is 3.21. The molecule has 1 aromatic heterocycles. The van der Waals surface area contributed by atoms with E-state index in [9.17, 15) is 9.90 Å². The van der Waals surface area contributed by atoms with Crippen molar-refractivity contribution in [1.82, 2.24) is 4.98 Å². The molecule has 1 unspecified atom stereocenters. The van der Waals surface area contributed by atoms with Gasteiger partial charge in [-0.05, 0) is 42.9 Å². The Morgan fingerprint density at radius 1 is 1.47 bits per heavy atom. The van der Waals surface area contributed by atoms with Gasteiger partial charge in [-0.3, -0.25) is 4.98 Å². The van der Waals surface area contributed by atoms with E-state index < -0.39 is 5.97 Å². The van der Waals surface area contributed by atoms with Crippen LogP contribution in [0.15, 0.2) is 18.2 Å². The normalized spacial score (nSPS) is 18.3. The summed E-state index contributed by atoms with van der Waals surface area (Å²) in [7, 11) is 0. The van der Waals surface area contributed by atoms with Gasteiger partial charge in [-0.25, -0.2) is 4.79 Å². The van der Waals surface area contributed by atoms with Crippen LogP contribution >= 0.6 is 11.6 Å². The summed E-state index contributed by atoms with van der Waals surface area (Å²) in [5.74, 6) is -0.601. The van der Waals surface area contributed by atoms with E-state index in [1.165, 1.54) is 0 Å². The molecule has 0 saturated heterocycles. The van der Waals surface area contributed by atoms with Crippen LogP contribution in [0.25, 0.3) is 10.9 Å². The van der Waals surface area contributed by atoms with Gasteiger partial charge >= 0.3 is 5.97 Å². The molecule has 19 heavy (non-hydrogen) atoms. The first-order valence-electron chi connectivity index (χ1n) is 6.44. The van der Waals surface area contributed by atoms with E-state index in [2.05, 4.69) is 11.9 Å². The lowest BCUT2D eigenvalue weighted by Gasteiger charge is -2.24. The molecular weight excluding hydrogens is 262 g/mol. The maximum absolute atomic E-state index is 11.7. The Kier molecular flexibility index (Phi) is 2.94. The van der Waals surface area contributed by atoms with E-state index in [0.717, 1.165) is 30.5 Å². The zero-order valence-corrected chi connectivity index (χ0v) is 11.4. The molecule has 98 valence electrons. The number of carbonyl (C=O) groups is 1. The number of carboxylic acids is 1. The minimum absolute atomic E-state index is 0.310.